The second-order valence-electron chi connectivity index (χ2n) is 7.33. The van der Waals surface area contributed by atoms with Crippen LogP contribution in [0.4, 0.5) is 0 Å². The summed E-state index contributed by atoms with van der Waals surface area (Å²) < 4.78 is 0. The Bertz CT molecular complexity index is 1100. The summed E-state index contributed by atoms with van der Waals surface area (Å²) in [6.07, 6.45) is 0. The minimum absolute atomic E-state index is 0.139. The Morgan fingerprint density at radius 3 is 1.62 bits per heavy atom. The molecule has 0 radical (unpaired) electrons. The van der Waals surface area contributed by atoms with Crippen molar-refractivity contribution in [3.8, 4) is 0 Å². The first-order valence-corrected chi connectivity index (χ1v) is 9.82. The van der Waals surface area contributed by atoms with Gasteiger partial charge in [0.1, 0.15) is 0 Å². The van der Waals surface area contributed by atoms with Crippen molar-refractivity contribution >= 4 is 22.3 Å². The number of fused-ring (bicyclic) bond motifs is 1. The van der Waals surface area contributed by atoms with Crippen molar-refractivity contribution in [1.82, 2.24) is 0 Å². The number of benzene rings is 4. The molecule has 2 nitrogen and oxygen atoms in total. The smallest absolute Gasteiger partial charge is 0.174 e. The lowest BCUT2D eigenvalue weighted by molar-refractivity contribution is 0.0787. The maximum atomic E-state index is 13.4. The van der Waals surface area contributed by atoms with Crippen LogP contribution in [0.25, 0.3) is 10.8 Å². The van der Waals surface area contributed by atoms with Crippen LogP contribution in [0.3, 0.4) is 0 Å². The Morgan fingerprint density at radius 1 is 0.586 bits per heavy atom. The molecular weight excluding hydrogens is 356 g/mol. The average Bonchev–Trinajstić information content (AvgIpc) is 2.79. The van der Waals surface area contributed by atoms with Gasteiger partial charge in [-0.1, -0.05) is 110 Å². The van der Waals surface area contributed by atoms with E-state index in [0.717, 1.165) is 16.3 Å². The number of carbonyl (C=O) groups excluding carboxylic acids is 2. The fourth-order valence-corrected chi connectivity index (χ4v) is 3.82. The highest BCUT2D eigenvalue weighted by Crippen LogP contribution is 2.32. The molecule has 0 heterocycles. The van der Waals surface area contributed by atoms with Gasteiger partial charge in [-0.05, 0) is 22.3 Å². The molecule has 29 heavy (non-hydrogen) atoms. The molecule has 2 heteroatoms. The van der Waals surface area contributed by atoms with E-state index in [9.17, 15) is 9.59 Å². The first-order chi connectivity index (χ1) is 14.1. The summed E-state index contributed by atoms with van der Waals surface area (Å²) in [6, 6.07) is 32.5. The molecule has 0 bridgehead atoms. The van der Waals surface area contributed by atoms with Crippen LogP contribution in [0.5, 0.6) is 0 Å². The quantitative estimate of drug-likeness (QED) is 0.290. The average molecular weight is 378 g/mol. The van der Waals surface area contributed by atoms with Gasteiger partial charge in [0.2, 0.25) is 0 Å². The van der Waals surface area contributed by atoms with Crippen molar-refractivity contribution < 1.29 is 9.59 Å². The molecule has 0 saturated heterocycles. The fraction of sp³-hybridized carbons (Fsp3) is 0.111. The highest BCUT2D eigenvalue weighted by molar-refractivity contribution is 6.16. The monoisotopic (exact) mass is 378 g/mol. The van der Waals surface area contributed by atoms with Crippen molar-refractivity contribution in [2.75, 3.05) is 0 Å². The standard InChI is InChI=1S/C27H22O2/c1-19(23-17-16-20-10-8-9-15-24(20)18-23)25(26(28)21-11-4-2-5-12-21)27(29)22-13-6-3-7-14-22/h2-19,25H,1H3. The van der Waals surface area contributed by atoms with E-state index in [1.165, 1.54) is 0 Å². The summed E-state index contributed by atoms with van der Waals surface area (Å²) in [5, 5.41) is 2.25. The van der Waals surface area contributed by atoms with Crippen molar-refractivity contribution in [2.45, 2.75) is 12.8 Å². The normalized spacial score (nSPS) is 12.1. The van der Waals surface area contributed by atoms with Crippen LogP contribution in [0, 0.1) is 5.92 Å². The van der Waals surface area contributed by atoms with Gasteiger partial charge in [0.25, 0.3) is 0 Å². The lowest BCUT2D eigenvalue weighted by Crippen LogP contribution is -2.29. The topological polar surface area (TPSA) is 34.1 Å². The van der Waals surface area contributed by atoms with E-state index < -0.39 is 5.92 Å². The Kier molecular flexibility index (Phi) is 5.35. The molecule has 142 valence electrons. The predicted molar refractivity (Wildman–Crippen MR) is 117 cm³/mol. The summed E-state index contributed by atoms with van der Waals surface area (Å²) in [4.78, 5) is 26.8. The lowest BCUT2D eigenvalue weighted by atomic mass is 9.77. The Balaban J connectivity index is 1.77. The van der Waals surface area contributed by atoms with E-state index in [-0.39, 0.29) is 17.5 Å². The van der Waals surface area contributed by atoms with Crippen LogP contribution in [0.15, 0.2) is 103 Å². The molecule has 0 aromatic heterocycles. The minimum Gasteiger partial charge on any atom is -0.293 e. The molecule has 4 aromatic carbocycles. The van der Waals surface area contributed by atoms with E-state index in [2.05, 4.69) is 24.3 Å². The third-order valence-electron chi connectivity index (χ3n) is 5.48. The number of Topliss-reactive ketones (excluding diaryl/α,β-unsaturated/α-hetero) is 2. The lowest BCUT2D eigenvalue weighted by Gasteiger charge is -2.23. The van der Waals surface area contributed by atoms with Gasteiger partial charge in [-0.2, -0.15) is 0 Å². The van der Waals surface area contributed by atoms with Gasteiger partial charge in [-0.25, -0.2) is 0 Å². The number of hydrogen-bond acceptors (Lipinski definition) is 2. The third-order valence-corrected chi connectivity index (χ3v) is 5.48. The van der Waals surface area contributed by atoms with E-state index in [1.54, 1.807) is 24.3 Å². The van der Waals surface area contributed by atoms with E-state index in [4.69, 9.17) is 0 Å². The fourth-order valence-electron chi connectivity index (χ4n) is 3.82. The molecule has 0 saturated carbocycles. The molecule has 0 N–H and O–H groups in total. The highest BCUT2D eigenvalue weighted by atomic mass is 16.2. The summed E-state index contributed by atoms with van der Waals surface area (Å²) in [5.41, 5.74) is 2.12. The largest absolute Gasteiger partial charge is 0.293 e. The van der Waals surface area contributed by atoms with Gasteiger partial charge in [-0.3, -0.25) is 9.59 Å². The second kappa shape index (κ2) is 8.24. The van der Waals surface area contributed by atoms with Crippen molar-refractivity contribution in [1.29, 1.82) is 0 Å². The van der Waals surface area contributed by atoms with Crippen LogP contribution in [-0.2, 0) is 0 Å². The molecule has 4 aromatic rings. The zero-order valence-corrected chi connectivity index (χ0v) is 16.3. The number of rotatable bonds is 6. The molecule has 0 amide bonds. The summed E-state index contributed by atoms with van der Waals surface area (Å²) in [7, 11) is 0. The SMILES string of the molecule is CC(c1ccc2ccccc2c1)C(C(=O)c1ccccc1)C(=O)c1ccccc1. The van der Waals surface area contributed by atoms with Gasteiger partial charge in [0, 0.05) is 11.1 Å². The molecule has 0 aliphatic heterocycles. The zero-order chi connectivity index (χ0) is 20.2. The van der Waals surface area contributed by atoms with Crippen LogP contribution in [-0.4, -0.2) is 11.6 Å². The maximum absolute atomic E-state index is 13.4. The van der Waals surface area contributed by atoms with Gasteiger partial charge in [-0.15, -0.1) is 0 Å². The van der Waals surface area contributed by atoms with Crippen molar-refractivity contribution in [3.05, 3.63) is 120 Å². The molecule has 0 aliphatic carbocycles. The van der Waals surface area contributed by atoms with Gasteiger partial charge in [0.15, 0.2) is 11.6 Å². The minimum atomic E-state index is -0.777. The maximum Gasteiger partial charge on any atom is 0.174 e. The molecule has 0 spiro atoms. The van der Waals surface area contributed by atoms with Crippen molar-refractivity contribution in [3.63, 3.8) is 0 Å². The zero-order valence-electron chi connectivity index (χ0n) is 16.3. The summed E-state index contributed by atoms with van der Waals surface area (Å²) in [6.45, 7) is 1.97. The highest BCUT2D eigenvalue weighted by Gasteiger charge is 2.34. The molecule has 1 atom stereocenters. The second-order valence-corrected chi connectivity index (χ2v) is 7.33. The van der Waals surface area contributed by atoms with Crippen LogP contribution in [0.1, 0.15) is 39.1 Å². The first kappa shape index (κ1) is 18.8. The van der Waals surface area contributed by atoms with E-state index in [0.29, 0.717) is 11.1 Å². The number of hydrogen-bond donors (Lipinski definition) is 0. The number of ketones is 2. The number of carbonyl (C=O) groups is 2. The van der Waals surface area contributed by atoms with E-state index >= 15 is 0 Å². The molecule has 4 rings (SSSR count). The summed E-state index contributed by atoms with van der Waals surface area (Å²) >= 11 is 0. The molecule has 0 aliphatic rings. The van der Waals surface area contributed by atoms with Crippen LogP contribution >= 0.6 is 0 Å². The molecular formula is C27H22O2. The van der Waals surface area contributed by atoms with Crippen molar-refractivity contribution in [2.24, 2.45) is 5.92 Å². The van der Waals surface area contributed by atoms with Crippen LogP contribution < -0.4 is 0 Å². The predicted octanol–water partition coefficient (Wildman–Crippen LogP) is 6.33. The van der Waals surface area contributed by atoms with E-state index in [1.807, 2.05) is 61.5 Å². The Hall–Kier alpha value is -3.52. The Morgan fingerprint density at radius 2 is 1.07 bits per heavy atom. The van der Waals surface area contributed by atoms with Crippen LogP contribution in [0.2, 0.25) is 0 Å². The van der Waals surface area contributed by atoms with Gasteiger partial charge in [0.05, 0.1) is 5.92 Å². The summed E-state index contributed by atoms with van der Waals surface area (Å²) in [5.74, 6) is -1.30. The third kappa shape index (κ3) is 3.88. The van der Waals surface area contributed by atoms with Gasteiger partial charge < -0.3 is 0 Å². The molecule has 0 fully saturated rings. The van der Waals surface area contributed by atoms with Gasteiger partial charge >= 0.3 is 0 Å². The molecule has 1 unspecified atom stereocenters. The first-order valence-electron chi connectivity index (χ1n) is 9.82. The Labute approximate surface area is 170 Å².